The lowest BCUT2D eigenvalue weighted by Gasteiger charge is -2.20. The lowest BCUT2D eigenvalue weighted by atomic mass is 9.88. The van der Waals surface area contributed by atoms with Gasteiger partial charge in [0.1, 0.15) is 18.1 Å². The van der Waals surface area contributed by atoms with Crippen LogP contribution in [0.15, 0.2) is 33.9 Å². The molecule has 2 unspecified atom stereocenters. The van der Waals surface area contributed by atoms with Crippen molar-refractivity contribution in [1.82, 2.24) is 0 Å². The number of ether oxygens (including phenoxy) is 1. The third-order valence-corrected chi connectivity index (χ3v) is 5.33. The molecule has 1 heterocycles. The molecule has 0 saturated heterocycles. The summed E-state index contributed by atoms with van der Waals surface area (Å²) in [4.78, 5) is 12.2. The van der Waals surface area contributed by atoms with Crippen molar-refractivity contribution in [3.8, 4) is 5.75 Å². The largest absolute Gasteiger partial charge is 0.489 e. The van der Waals surface area contributed by atoms with Gasteiger partial charge in [-0.2, -0.15) is 0 Å². The zero-order chi connectivity index (χ0) is 13.1. The molecular formula is C14H14I2O2. The number of hydrogen-bond acceptors (Lipinski definition) is 2. The molecule has 2 atom stereocenters. The molecule has 1 aliphatic rings. The molecule has 0 aliphatic carbocycles. The van der Waals surface area contributed by atoms with Crippen LogP contribution in [0.4, 0.5) is 0 Å². The summed E-state index contributed by atoms with van der Waals surface area (Å²) in [6.45, 7) is 2.43. The van der Waals surface area contributed by atoms with Gasteiger partial charge in [0, 0.05) is 12.0 Å². The van der Waals surface area contributed by atoms with Crippen molar-refractivity contribution in [3.05, 3.63) is 39.5 Å². The van der Waals surface area contributed by atoms with Crippen molar-refractivity contribution in [2.75, 3.05) is 6.61 Å². The Morgan fingerprint density at radius 3 is 2.89 bits per heavy atom. The Morgan fingerprint density at radius 2 is 2.22 bits per heavy atom. The number of carbonyl (C=O) groups excluding carboxylic acids is 1. The molecule has 4 heteroatoms. The van der Waals surface area contributed by atoms with E-state index < -0.39 is 0 Å². The zero-order valence-corrected chi connectivity index (χ0v) is 14.3. The van der Waals surface area contributed by atoms with Gasteiger partial charge in [0.15, 0.2) is 0 Å². The predicted octanol–water partition coefficient (Wildman–Crippen LogP) is 4.47. The van der Waals surface area contributed by atoms with Crippen LogP contribution in [0, 0.1) is 5.92 Å². The predicted molar refractivity (Wildman–Crippen MR) is 89.6 cm³/mol. The lowest BCUT2D eigenvalue weighted by Crippen LogP contribution is -2.21. The number of ketones is 1. The van der Waals surface area contributed by atoms with Gasteiger partial charge in [0.2, 0.25) is 0 Å². The molecular weight excluding hydrogens is 454 g/mol. The maximum absolute atomic E-state index is 12.2. The van der Waals surface area contributed by atoms with Gasteiger partial charge in [0.25, 0.3) is 0 Å². The summed E-state index contributed by atoms with van der Waals surface area (Å²) in [5.74, 6) is 1.13. The van der Waals surface area contributed by atoms with Crippen LogP contribution in [0.1, 0.15) is 22.8 Å². The van der Waals surface area contributed by atoms with Crippen molar-refractivity contribution in [1.29, 1.82) is 0 Å². The standard InChI is InChI=1S/C14H14I2O2/c1-2-11(17)13-9(7-15)8-18-12-6-4-3-5-10(12)14(13)16/h3-7,13-14H,2,8H2,1H3/b9-7-. The first-order valence-corrected chi connectivity index (χ1v) is 8.35. The number of Topliss-reactive ketones (excluding diaryl/α,β-unsaturated/α-hetero) is 1. The Bertz CT molecular complexity index is 482. The topological polar surface area (TPSA) is 26.3 Å². The van der Waals surface area contributed by atoms with Crippen molar-refractivity contribution in [3.63, 3.8) is 0 Å². The number of halogens is 2. The minimum atomic E-state index is -0.0591. The van der Waals surface area contributed by atoms with Gasteiger partial charge in [-0.15, -0.1) is 0 Å². The number of rotatable bonds is 2. The van der Waals surface area contributed by atoms with Crippen LogP contribution in [-0.2, 0) is 4.79 Å². The molecule has 1 aliphatic heterocycles. The van der Waals surface area contributed by atoms with E-state index in [4.69, 9.17) is 4.74 Å². The number of hydrogen-bond donors (Lipinski definition) is 0. The highest BCUT2D eigenvalue weighted by Gasteiger charge is 2.33. The molecule has 0 N–H and O–H groups in total. The highest BCUT2D eigenvalue weighted by Crippen LogP contribution is 2.44. The van der Waals surface area contributed by atoms with E-state index in [1.807, 2.05) is 29.2 Å². The number of para-hydroxylation sites is 1. The molecule has 18 heavy (non-hydrogen) atoms. The van der Waals surface area contributed by atoms with Crippen molar-refractivity contribution in [2.24, 2.45) is 5.92 Å². The third kappa shape index (κ3) is 2.74. The summed E-state index contributed by atoms with van der Waals surface area (Å²) in [5, 5.41) is 0. The van der Waals surface area contributed by atoms with Crippen molar-refractivity contribution in [2.45, 2.75) is 17.3 Å². The Hall–Kier alpha value is -0.110. The molecule has 0 aromatic heterocycles. The molecule has 1 aromatic rings. The smallest absolute Gasteiger partial charge is 0.141 e. The van der Waals surface area contributed by atoms with Crippen LogP contribution in [0.3, 0.4) is 0 Å². The van der Waals surface area contributed by atoms with Crippen LogP contribution in [-0.4, -0.2) is 12.4 Å². The maximum atomic E-state index is 12.2. The lowest BCUT2D eigenvalue weighted by molar-refractivity contribution is -0.121. The van der Waals surface area contributed by atoms with Crippen LogP contribution in [0.25, 0.3) is 0 Å². The molecule has 0 saturated carbocycles. The van der Waals surface area contributed by atoms with Crippen LogP contribution in [0.2, 0.25) is 0 Å². The van der Waals surface area contributed by atoms with E-state index >= 15 is 0 Å². The van der Waals surface area contributed by atoms with Crippen LogP contribution < -0.4 is 4.74 Å². The molecule has 0 radical (unpaired) electrons. The fourth-order valence-electron chi connectivity index (χ4n) is 2.15. The average molecular weight is 468 g/mol. The molecule has 1 aromatic carbocycles. The van der Waals surface area contributed by atoms with Crippen molar-refractivity contribution >= 4 is 51.0 Å². The number of carbonyl (C=O) groups is 1. The maximum Gasteiger partial charge on any atom is 0.141 e. The Kier molecular flexibility index (Phi) is 5.06. The number of fused-ring (bicyclic) bond motifs is 1. The molecule has 0 spiro atoms. The van der Waals surface area contributed by atoms with E-state index in [1.54, 1.807) is 0 Å². The fraction of sp³-hybridized carbons (Fsp3) is 0.357. The van der Waals surface area contributed by atoms with E-state index in [0.29, 0.717) is 13.0 Å². The minimum Gasteiger partial charge on any atom is -0.489 e. The first kappa shape index (κ1) is 14.3. The third-order valence-electron chi connectivity index (χ3n) is 3.14. The van der Waals surface area contributed by atoms with Gasteiger partial charge in [-0.1, -0.05) is 70.3 Å². The summed E-state index contributed by atoms with van der Waals surface area (Å²) in [7, 11) is 0. The zero-order valence-electron chi connectivity index (χ0n) is 10.0. The Balaban J connectivity index is 2.47. The van der Waals surface area contributed by atoms with Crippen LogP contribution >= 0.6 is 45.2 Å². The molecule has 0 fully saturated rings. The van der Waals surface area contributed by atoms with E-state index in [1.165, 1.54) is 0 Å². The monoisotopic (exact) mass is 468 g/mol. The second-order valence-electron chi connectivity index (χ2n) is 4.21. The van der Waals surface area contributed by atoms with E-state index in [-0.39, 0.29) is 15.6 Å². The second-order valence-corrected chi connectivity index (χ2v) is 6.17. The highest BCUT2D eigenvalue weighted by molar-refractivity contribution is 14.1. The van der Waals surface area contributed by atoms with Crippen LogP contribution in [0.5, 0.6) is 5.75 Å². The van der Waals surface area contributed by atoms with Gasteiger partial charge in [0.05, 0.1) is 9.84 Å². The highest BCUT2D eigenvalue weighted by atomic mass is 127. The molecule has 2 rings (SSSR count). The quantitative estimate of drug-likeness (QED) is 0.474. The van der Waals surface area contributed by atoms with Gasteiger partial charge in [-0.05, 0) is 15.7 Å². The van der Waals surface area contributed by atoms with Gasteiger partial charge >= 0.3 is 0 Å². The first-order chi connectivity index (χ1) is 8.69. The van der Waals surface area contributed by atoms with E-state index in [9.17, 15) is 4.79 Å². The summed E-state index contributed by atoms with van der Waals surface area (Å²) < 4.78 is 7.96. The number of benzene rings is 1. The normalized spacial score (nSPS) is 25.2. The summed E-state index contributed by atoms with van der Waals surface area (Å²) in [6, 6.07) is 8.00. The Morgan fingerprint density at radius 1 is 1.50 bits per heavy atom. The Labute approximate surface area is 134 Å². The second kappa shape index (κ2) is 6.36. The minimum absolute atomic E-state index is 0.0591. The SMILES string of the molecule is CCC(=O)C1/C(=C\I)COc2ccccc2C1I. The molecule has 0 amide bonds. The van der Waals surface area contributed by atoms with Gasteiger partial charge in [-0.3, -0.25) is 4.79 Å². The van der Waals surface area contributed by atoms with Crippen molar-refractivity contribution < 1.29 is 9.53 Å². The summed E-state index contributed by atoms with van der Waals surface area (Å²) in [6.07, 6.45) is 0.570. The van der Waals surface area contributed by atoms with E-state index in [2.05, 4.69) is 51.2 Å². The summed E-state index contributed by atoms with van der Waals surface area (Å²) in [5.41, 5.74) is 2.20. The average Bonchev–Trinajstić information content (AvgIpc) is 2.55. The number of alkyl halides is 1. The first-order valence-electron chi connectivity index (χ1n) is 5.86. The molecule has 0 bridgehead atoms. The fourth-order valence-corrected chi connectivity index (χ4v) is 4.09. The summed E-state index contributed by atoms with van der Waals surface area (Å²) >= 11 is 4.57. The molecule has 96 valence electrons. The van der Waals surface area contributed by atoms with Gasteiger partial charge < -0.3 is 4.74 Å². The molecule has 2 nitrogen and oxygen atoms in total. The van der Waals surface area contributed by atoms with Gasteiger partial charge in [-0.25, -0.2) is 0 Å². The van der Waals surface area contributed by atoms with E-state index in [0.717, 1.165) is 16.9 Å².